The maximum atomic E-state index is 12.5. The predicted molar refractivity (Wildman–Crippen MR) is 73.4 cm³/mol. The van der Waals surface area contributed by atoms with Crippen LogP contribution in [0.15, 0.2) is 52.2 Å². The van der Waals surface area contributed by atoms with Gasteiger partial charge in [0.05, 0.1) is 17.4 Å². The summed E-state index contributed by atoms with van der Waals surface area (Å²) in [6, 6.07) is 8.48. The SMILES string of the molecule is CN(Cc1ccoc1)S(=O)(=O)c1ccccc1CCl. The van der Waals surface area contributed by atoms with Gasteiger partial charge in [-0.15, -0.1) is 11.6 Å². The highest BCUT2D eigenvalue weighted by Crippen LogP contribution is 2.22. The molecular weight excluding hydrogens is 286 g/mol. The summed E-state index contributed by atoms with van der Waals surface area (Å²) in [7, 11) is -2.02. The van der Waals surface area contributed by atoms with Crippen molar-refractivity contribution in [3.05, 3.63) is 54.0 Å². The van der Waals surface area contributed by atoms with Gasteiger partial charge in [-0.25, -0.2) is 8.42 Å². The van der Waals surface area contributed by atoms with Crippen LogP contribution in [0, 0.1) is 0 Å². The number of rotatable bonds is 5. The van der Waals surface area contributed by atoms with Gasteiger partial charge in [0.2, 0.25) is 10.0 Å². The quantitative estimate of drug-likeness (QED) is 0.798. The molecule has 0 unspecified atom stereocenters. The Morgan fingerprint density at radius 1 is 1.26 bits per heavy atom. The second kappa shape index (κ2) is 5.77. The van der Waals surface area contributed by atoms with Crippen LogP contribution in [0.2, 0.25) is 0 Å². The number of halogens is 1. The monoisotopic (exact) mass is 299 g/mol. The number of benzene rings is 1. The smallest absolute Gasteiger partial charge is 0.243 e. The van der Waals surface area contributed by atoms with Crippen LogP contribution >= 0.6 is 11.6 Å². The lowest BCUT2D eigenvalue weighted by Gasteiger charge is -2.18. The first kappa shape index (κ1) is 14.1. The molecule has 2 rings (SSSR count). The van der Waals surface area contributed by atoms with Crippen LogP contribution < -0.4 is 0 Å². The molecule has 102 valence electrons. The number of sulfonamides is 1. The van der Waals surface area contributed by atoms with Gasteiger partial charge >= 0.3 is 0 Å². The molecule has 0 bridgehead atoms. The van der Waals surface area contributed by atoms with E-state index in [2.05, 4.69) is 0 Å². The van der Waals surface area contributed by atoms with E-state index in [0.29, 0.717) is 5.56 Å². The van der Waals surface area contributed by atoms with E-state index in [1.165, 1.54) is 23.9 Å². The van der Waals surface area contributed by atoms with E-state index in [1.807, 2.05) is 0 Å². The molecule has 0 aliphatic carbocycles. The molecular formula is C13H14ClNO3S. The number of furan rings is 1. The Morgan fingerprint density at radius 3 is 2.63 bits per heavy atom. The summed E-state index contributed by atoms with van der Waals surface area (Å²) >= 11 is 5.79. The molecule has 6 heteroatoms. The van der Waals surface area contributed by atoms with E-state index in [9.17, 15) is 8.42 Å². The molecule has 1 aromatic heterocycles. The van der Waals surface area contributed by atoms with Gasteiger partial charge in [-0.3, -0.25) is 0 Å². The average Bonchev–Trinajstić information content (AvgIpc) is 2.91. The first-order chi connectivity index (χ1) is 9.05. The molecule has 0 radical (unpaired) electrons. The normalized spacial score (nSPS) is 11.9. The highest BCUT2D eigenvalue weighted by Gasteiger charge is 2.23. The van der Waals surface area contributed by atoms with Crippen molar-refractivity contribution in [3.8, 4) is 0 Å². The fourth-order valence-electron chi connectivity index (χ4n) is 1.76. The predicted octanol–water partition coefficient (Wildman–Crippen LogP) is 2.84. The Morgan fingerprint density at radius 2 is 2.00 bits per heavy atom. The molecule has 0 saturated carbocycles. The van der Waals surface area contributed by atoms with Crippen molar-refractivity contribution in [1.29, 1.82) is 0 Å². The Labute approximate surface area is 117 Å². The largest absolute Gasteiger partial charge is 0.472 e. The molecule has 1 heterocycles. The molecule has 0 amide bonds. The summed E-state index contributed by atoms with van der Waals surface area (Å²) in [5.41, 5.74) is 1.40. The zero-order valence-corrected chi connectivity index (χ0v) is 12.0. The highest BCUT2D eigenvalue weighted by atomic mass is 35.5. The number of alkyl halides is 1. The Balaban J connectivity index is 2.31. The molecule has 0 atom stereocenters. The molecule has 0 spiro atoms. The summed E-state index contributed by atoms with van der Waals surface area (Å²) in [5, 5.41) is 0. The molecule has 2 aromatic rings. The van der Waals surface area contributed by atoms with Gasteiger partial charge in [-0.1, -0.05) is 18.2 Å². The third-order valence-electron chi connectivity index (χ3n) is 2.79. The van der Waals surface area contributed by atoms with Crippen LogP contribution in [0.3, 0.4) is 0 Å². The fraction of sp³-hybridized carbons (Fsp3) is 0.231. The average molecular weight is 300 g/mol. The van der Waals surface area contributed by atoms with Crippen molar-refractivity contribution < 1.29 is 12.8 Å². The van der Waals surface area contributed by atoms with Crippen molar-refractivity contribution in [2.75, 3.05) is 7.05 Å². The summed E-state index contributed by atoms with van der Waals surface area (Å²) in [6.45, 7) is 0.259. The third-order valence-corrected chi connectivity index (χ3v) is 4.98. The van der Waals surface area contributed by atoms with E-state index >= 15 is 0 Å². The van der Waals surface area contributed by atoms with Crippen LogP contribution in [0.25, 0.3) is 0 Å². The lowest BCUT2D eigenvalue weighted by atomic mass is 10.2. The maximum Gasteiger partial charge on any atom is 0.243 e. The van der Waals surface area contributed by atoms with Crippen LogP contribution in [0.4, 0.5) is 0 Å². The number of hydrogen-bond acceptors (Lipinski definition) is 3. The number of nitrogens with zero attached hydrogens (tertiary/aromatic N) is 1. The lowest BCUT2D eigenvalue weighted by molar-refractivity contribution is 0.463. The van der Waals surface area contributed by atoms with E-state index < -0.39 is 10.0 Å². The summed E-state index contributed by atoms with van der Waals surface area (Å²) < 4.78 is 31.2. The van der Waals surface area contributed by atoms with Crippen LogP contribution in [0.1, 0.15) is 11.1 Å². The lowest BCUT2D eigenvalue weighted by Crippen LogP contribution is -2.27. The molecule has 1 aromatic carbocycles. The van der Waals surface area contributed by atoms with Crippen molar-refractivity contribution in [1.82, 2.24) is 4.31 Å². The third kappa shape index (κ3) is 3.00. The van der Waals surface area contributed by atoms with E-state index in [1.54, 1.807) is 30.3 Å². The number of hydrogen-bond donors (Lipinski definition) is 0. The summed E-state index contributed by atoms with van der Waals surface area (Å²) in [4.78, 5) is 0.246. The minimum Gasteiger partial charge on any atom is -0.472 e. The Hall–Kier alpha value is -1.30. The van der Waals surface area contributed by atoms with Crippen LogP contribution in [-0.2, 0) is 22.4 Å². The molecule has 0 aliphatic rings. The Kier molecular flexibility index (Phi) is 4.29. The van der Waals surface area contributed by atoms with Gasteiger partial charge in [0.1, 0.15) is 0 Å². The zero-order chi connectivity index (χ0) is 13.9. The van der Waals surface area contributed by atoms with Gasteiger partial charge in [-0.2, -0.15) is 4.31 Å². The van der Waals surface area contributed by atoms with E-state index in [-0.39, 0.29) is 17.3 Å². The van der Waals surface area contributed by atoms with Crippen LogP contribution in [-0.4, -0.2) is 19.8 Å². The van der Waals surface area contributed by atoms with Crippen molar-refractivity contribution in [3.63, 3.8) is 0 Å². The molecule has 0 aliphatic heterocycles. The van der Waals surface area contributed by atoms with Crippen LogP contribution in [0.5, 0.6) is 0 Å². The van der Waals surface area contributed by atoms with Crippen molar-refractivity contribution in [2.45, 2.75) is 17.3 Å². The maximum absolute atomic E-state index is 12.5. The molecule has 19 heavy (non-hydrogen) atoms. The summed E-state index contributed by atoms with van der Waals surface area (Å²) in [6.07, 6.45) is 3.04. The van der Waals surface area contributed by atoms with Crippen molar-refractivity contribution in [2.24, 2.45) is 0 Å². The molecule has 0 N–H and O–H groups in total. The van der Waals surface area contributed by atoms with Gasteiger partial charge < -0.3 is 4.42 Å². The highest BCUT2D eigenvalue weighted by molar-refractivity contribution is 7.89. The van der Waals surface area contributed by atoms with Gasteiger partial charge in [0.15, 0.2) is 0 Å². The second-order valence-corrected chi connectivity index (χ2v) is 6.41. The van der Waals surface area contributed by atoms with E-state index in [0.717, 1.165) is 5.56 Å². The fourth-order valence-corrected chi connectivity index (χ4v) is 3.45. The first-order valence-corrected chi connectivity index (χ1v) is 7.64. The zero-order valence-electron chi connectivity index (χ0n) is 10.4. The topological polar surface area (TPSA) is 50.5 Å². The molecule has 4 nitrogen and oxygen atoms in total. The first-order valence-electron chi connectivity index (χ1n) is 5.67. The minimum atomic E-state index is -3.55. The summed E-state index contributed by atoms with van der Waals surface area (Å²) in [5.74, 6) is 0.162. The van der Waals surface area contributed by atoms with Gasteiger partial charge in [0, 0.05) is 25.0 Å². The van der Waals surface area contributed by atoms with Gasteiger partial charge in [-0.05, 0) is 17.7 Å². The minimum absolute atomic E-state index is 0.162. The standard InChI is InChI=1S/C13H14ClNO3S/c1-15(9-11-6-7-18-10-11)19(16,17)13-5-3-2-4-12(13)8-14/h2-7,10H,8-9H2,1H3. The van der Waals surface area contributed by atoms with Crippen molar-refractivity contribution >= 4 is 21.6 Å². The molecule has 0 saturated heterocycles. The Bertz CT molecular complexity index is 638. The van der Waals surface area contributed by atoms with E-state index in [4.69, 9.17) is 16.0 Å². The molecule has 0 fully saturated rings. The second-order valence-electron chi connectivity index (χ2n) is 4.13. The van der Waals surface area contributed by atoms with Gasteiger partial charge in [0.25, 0.3) is 0 Å².